The Hall–Kier alpha value is -2.19. The number of carbonyl (C=O) groups is 2. The van der Waals surface area contributed by atoms with Crippen LogP contribution in [-0.4, -0.2) is 31.1 Å². The van der Waals surface area contributed by atoms with Crippen molar-refractivity contribution in [3.05, 3.63) is 35.4 Å². The first-order valence-electron chi connectivity index (χ1n) is 8.73. The van der Waals surface area contributed by atoms with Crippen LogP contribution in [0.1, 0.15) is 56.3 Å². The SMILES string of the molecule is COC(=O)CCCc1ccc([C@H](CCCC(F)(F)C(F)(F)F)OC(C)=O)cc1. The lowest BCUT2D eigenvalue weighted by Crippen LogP contribution is -2.36. The molecule has 0 unspecified atom stereocenters. The molecule has 0 saturated carbocycles. The van der Waals surface area contributed by atoms with Crippen LogP contribution < -0.4 is 0 Å². The first kappa shape index (κ1) is 23.8. The minimum atomic E-state index is -5.60. The van der Waals surface area contributed by atoms with Crippen molar-refractivity contribution in [1.82, 2.24) is 0 Å². The zero-order valence-corrected chi connectivity index (χ0v) is 15.7. The molecule has 28 heavy (non-hydrogen) atoms. The molecule has 0 aliphatic rings. The van der Waals surface area contributed by atoms with Crippen LogP contribution in [-0.2, 0) is 25.5 Å². The summed E-state index contributed by atoms with van der Waals surface area (Å²) in [7, 11) is 1.30. The second-order valence-corrected chi connectivity index (χ2v) is 6.36. The number of carbonyl (C=O) groups excluding carboxylic acids is 2. The summed E-state index contributed by atoms with van der Waals surface area (Å²) in [6.07, 6.45) is -7.07. The Kier molecular flexibility index (Phi) is 8.84. The Balaban J connectivity index is 2.69. The predicted octanol–water partition coefficient (Wildman–Crippen LogP) is 5.15. The fraction of sp³-hybridized carbons (Fsp3) is 0.579. The van der Waals surface area contributed by atoms with Gasteiger partial charge in [0.15, 0.2) is 0 Å². The van der Waals surface area contributed by atoms with E-state index in [4.69, 9.17) is 4.74 Å². The molecule has 0 aliphatic carbocycles. The lowest BCUT2D eigenvalue weighted by molar-refractivity contribution is -0.284. The summed E-state index contributed by atoms with van der Waals surface area (Å²) < 4.78 is 72.4. The van der Waals surface area contributed by atoms with Crippen molar-refractivity contribution in [1.29, 1.82) is 0 Å². The van der Waals surface area contributed by atoms with E-state index in [1.807, 2.05) is 0 Å². The summed E-state index contributed by atoms with van der Waals surface area (Å²) in [5, 5.41) is 0. The first-order valence-corrected chi connectivity index (χ1v) is 8.73. The van der Waals surface area contributed by atoms with Gasteiger partial charge in [0.1, 0.15) is 6.10 Å². The standard InChI is InChI=1S/C19H23F5O4/c1-13(25)28-16(6-4-12-18(20,21)19(22,23)24)15-10-8-14(9-11-15)5-3-7-17(26)27-2/h8-11,16H,3-7,12H2,1-2H3/t16-/m0/s1. The number of benzene rings is 1. The number of rotatable bonds is 10. The normalized spacial score (nSPS) is 13.1. The third-order valence-electron chi connectivity index (χ3n) is 4.11. The molecular formula is C19H23F5O4. The van der Waals surface area contributed by atoms with Crippen LogP contribution in [0.3, 0.4) is 0 Å². The van der Waals surface area contributed by atoms with Gasteiger partial charge in [-0.2, -0.15) is 22.0 Å². The number of esters is 2. The van der Waals surface area contributed by atoms with Gasteiger partial charge in [0, 0.05) is 19.8 Å². The van der Waals surface area contributed by atoms with Crippen molar-refractivity contribution in [2.45, 2.75) is 63.7 Å². The van der Waals surface area contributed by atoms with E-state index in [9.17, 15) is 31.5 Å². The summed E-state index contributed by atoms with van der Waals surface area (Å²) in [6, 6.07) is 6.72. The number of hydrogen-bond acceptors (Lipinski definition) is 4. The van der Waals surface area contributed by atoms with E-state index in [2.05, 4.69) is 4.74 Å². The second-order valence-electron chi connectivity index (χ2n) is 6.36. The van der Waals surface area contributed by atoms with Crippen molar-refractivity contribution in [3.8, 4) is 0 Å². The maximum Gasteiger partial charge on any atom is 0.453 e. The van der Waals surface area contributed by atoms with E-state index in [0.717, 1.165) is 12.5 Å². The van der Waals surface area contributed by atoms with Crippen molar-refractivity contribution in [2.24, 2.45) is 0 Å². The predicted molar refractivity (Wildman–Crippen MR) is 90.8 cm³/mol. The minimum absolute atomic E-state index is 0.160. The highest BCUT2D eigenvalue weighted by molar-refractivity contribution is 5.69. The summed E-state index contributed by atoms with van der Waals surface area (Å²) in [5.74, 6) is -5.76. The highest BCUT2D eigenvalue weighted by Gasteiger charge is 2.56. The van der Waals surface area contributed by atoms with Gasteiger partial charge in [0.25, 0.3) is 0 Å². The smallest absolute Gasteiger partial charge is 0.453 e. The van der Waals surface area contributed by atoms with E-state index in [1.54, 1.807) is 24.3 Å². The maximum absolute atomic E-state index is 13.0. The Morgan fingerprint density at radius 3 is 2.14 bits per heavy atom. The van der Waals surface area contributed by atoms with E-state index in [0.29, 0.717) is 18.4 Å². The van der Waals surface area contributed by atoms with Crippen LogP contribution in [0.5, 0.6) is 0 Å². The van der Waals surface area contributed by atoms with Gasteiger partial charge < -0.3 is 9.47 Å². The van der Waals surface area contributed by atoms with Crippen molar-refractivity contribution in [2.75, 3.05) is 7.11 Å². The Bertz CT molecular complexity index is 641. The van der Waals surface area contributed by atoms with Crippen LogP contribution in [0.4, 0.5) is 22.0 Å². The van der Waals surface area contributed by atoms with Crippen LogP contribution >= 0.6 is 0 Å². The van der Waals surface area contributed by atoms with E-state index in [1.165, 1.54) is 7.11 Å². The fourth-order valence-corrected chi connectivity index (χ4v) is 2.58. The number of alkyl halides is 5. The summed E-state index contributed by atoms with van der Waals surface area (Å²) in [5.41, 5.74) is 1.40. The van der Waals surface area contributed by atoms with Gasteiger partial charge in [-0.1, -0.05) is 24.3 Å². The highest BCUT2D eigenvalue weighted by Crippen LogP contribution is 2.40. The lowest BCUT2D eigenvalue weighted by atomic mass is 9.99. The average molecular weight is 410 g/mol. The second kappa shape index (κ2) is 10.4. The third kappa shape index (κ3) is 7.82. The Morgan fingerprint density at radius 1 is 1.04 bits per heavy atom. The van der Waals surface area contributed by atoms with Crippen LogP contribution in [0.25, 0.3) is 0 Å². The summed E-state index contributed by atoms with van der Waals surface area (Å²) >= 11 is 0. The highest BCUT2D eigenvalue weighted by atomic mass is 19.4. The van der Waals surface area contributed by atoms with E-state index in [-0.39, 0.29) is 18.8 Å². The maximum atomic E-state index is 13.0. The van der Waals surface area contributed by atoms with Gasteiger partial charge in [-0.05, 0) is 36.8 Å². The molecule has 0 radical (unpaired) electrons. The molecule has 0 fully saturated rings. The molecular weight excluding hydrogens is 387 g/mol. The Morgan fingerprint density at radius 2 is 1.64 bits per heavy atom. The van der Waals surface area contributed by atoms with Gasteiger partial charge in [-0.3, -0.25) is 9.59 Å². The molecule has 0 saturated heterocycles. The van der Waals surface area contributed by atoms with Gasteiger partial charge in [0.05, 0.1) is 7.11 Å². The molecule has 0 amide bonds. The molecule has 9 heteroatoms. The molecule has 0 heterocycles. The molecule has 0 aliphatic heterocycles. The first-order chi connectivity index (χ1) is 13.0. The largest absolute Gasteiger partial charge is 0.469 e. The summed E-state index contributed by atoms with van der Waals surface area (Å²) in [6.45, 7) is 1.14. The lowest BCUT2D eigenvalue weighted by Gasteiger charge is -2.22. The molecule has 1 atom stereocenters. The molecule has 4 nitrogen and oxygen atoms in total. The molecule has 1 aromatic carbocycles. The molecule has 0 aromatic heterocycles. The molecule has 1 aromatic rings. The van der Waals surface area contributed by atoms with Crippen molar-refractivity contribution in [3.63, 3.8) is 0 Å². The van der Waals surface area contributed by atoms with Gasteiger partial charge >= 0.3 is 24.0 Å². The zero-order chi connectivity index (χ0) is 21.4. The quantitative estimate of drug-likeness (QED) is 0.395. The number of hydrogen-bond donors (Lipinski definition) is 0. The van der Waals surface area contributed by atoms with Crippen molar-refractivity contribution < 1.29 is 41.0 Å². The molecule has 0 N–H and O–H groups in total. The topological polar surface area (TPSA) is 52.6 Å². The zero-order valence-electron chi connectivity index (χ0n) is 15.7. The number of halogens is 5. The van der Waals surface area contributed by atoms with Gasteiger partial charge in [0.2, 0.25) is 0 Å². The van der Waals surface area contributed by atoms with Crippen LogP contribution in [0, 0.1) is 0 Å². The molecule has 1 rings (SSSR count). The van der Waals surface area contributed by atoms with Crippen LogP contribution in [0.15, 0.2) is 24.3 Å². The molecule has 158 valence electrons. The number of ether oxygens (including phenoxy) is 2. The van der Waals surface area contributed by atoms with Crippen LogP contribution in [0.2, 0.25) is 0 Å². The summed E-state index contributed by atoms with van der Waals surface area (Å²) in [4.78, 5) is 22.3. The molecule has 0 spiro atoms. The number of methoxy groups -OCH3 is 1. The Labute approximate surface area is 160 Å². The molecule has 0 bridgehead atoms. The third-order valence-corrected chi connectivity index (χ3v) is 4.11. The van der Waals surface area contributed by atoms with E-state index >= 15 is 0 Å². The van der Waals surface area contributed by atoms with Gasteiger partial charge in [-0.15, -0.1) is 0 Å². The monoisotopic (exact) mass is 410 g/mol. The average Bonchev–Trinajstić information content (AvgIpc) is 2.60. The van der Waals surface area contributed by atoms with Crippen molar-refractivity contribution >= 4 is 11.9 Å². The van der Waals surface area contributed by atoms with E-state index < -0.39 is 37.0 Å². The van der Waals surface area contributed by atoms with Gasteiger partial charge in [-0.25, -0.2) is 0 Å². The fourth-order valence-electron chi connectivity index (χ4n) is 2.58. The minimum Gasteiger partial charge on any atom is -0.469 e. The number of aryl methyl sites for hydroxylation is 1.